The quantitative estimate of drug-likeness (QED) is 0.123. The van der Waals surface area contributed by atoms with E-state index in [1.165, 1.54) is 16.0 Å². The molecule has 2 aromatic carbocycles. The number of hydrazine groups is 1. The normalized spacial score (nSPS) is 21.1. The molecule has 8 rings (SSSR count). The molecule has 0 aliphatic carbocycles. The fourth-order valence-corrected chi connectivity index (χ4v) is 11.1. The van der Waals surface area contributed by atoms with Gasteiger partial charge < -0.3 is 38.8 Å². The molecule has 4 aromatic rings. The van der Waals surface area contributed by atoms with Crippen LogP contribution in [-0.2, 0) is 59.4 Å². The third kappa shape index (κ3) is 10.6. The van der Waals surface area contributed by atoms with E-state index in [0.29, 0.717) is 69.4 Å². The average Bonchev–Trinajstić information content (AvgIpc) is 3.94. The van der Waals surface area contributed by atoms with Gasteiger partial charge in [0, 0.05) is 74.8 Å². The third-order valence-electron chi connectivity index (χ3n) is 15.0. The van der Waals surface area contributed by atoms with E-state index < -0.39 is 53.6 Å². The summed E-state index contributed by atoms with van der Waals surface area (Å²) >= 11 is 0. The Morgan fingerprint density at radius 1 is 1.06 bits per heavy atom. The van der Waals surface area contributed by atoms with Gasteiger partial charge in [-0.25, -0.2) is 14.6 Å². The summed E-state index contributed by atoms with van der Waals surface area (Å²) in [6.07, 6.45) is 5.21. The number of hydrogen-bond donors (Lipinski definition) is 2. The van der Waals surface area contributed by atoms with Gasteiger partial charge in [0.1, 0.15) is 31.5 Å². The second-order valence-electron chi connectivity index (χ2n) is 21.1. The number of nitrogens with zero attached hydrogens (tertiary/aromatic N) is 6. The lowest BCUT2D eigenvalue weighted by Gasteiger charge is -2.41. The number of methoxy groups -OCH3 is 1. The van der Waals surface area contributed by atoms with Crippen molar-refractivity contribution >= 4 is 40.6 Å². The summed E-state index contributed by atoms with van der Waals surface area (Å²) in [6.45, 7) is 17.1. The Bertz CT molecular complexity index is 2710. The molecular weight excluding hydrogens is 920 g/mol. The van der Waals surface area contributed by atoms with E-state index in [-0.39, 0.29) is 50.3 Å². The first-order valence-corrected chi connectivity index (χ1v) is 25.3. The Labute approximate surface area is 422 Å². The molecule has 386 valence electrons. The van der Waals surface area contributed by atoms with Gasteiger partial charge in [-0.05, 0) is 116 Å². The molecule has 0 radical (unpaired) electrons. The molecule has 0 saturated carbocycles. The van der Waals surface area contributed by atoms with Crippen molar-refractivity contribution < 1.29 is 42.6 Å². The van der Waals surface area contributed by atoms with Gasteiger partial charge in [0.05, 0.1) is 36.2 Å². The molecule has 72 heavy (non-hydrogen) atoms. The zero-order valence-electron chi connectivity index (χ0n) is 43.1. The van der Waals surface area contributed by atoms with Crippen molar-refractivity contribution in [3.05, 3.63) is 89.8 Å². The number of amides is 5. The number of cyclic esters (lactones) is 1. The second kappa shape index (κ2) is 21.5. The van der Waals surface area contributed by atoms with Gasteiger partial charge in [-0.3, -0.25) is 29.2 Å². The van der Waals surface area contributed by atoms with Crippen molar-refractivity contribution in [3.8, 4) is 22.4 Å². The molecule has 1 spiro atoms. The zero-order chi connectivity index (χ0) is 51.6. The number of pyridine rings is 1. The SMILES string of the molecule is C=CC(=O)N1COC2(CCN(C(=O)N(C)[C@H](C(=O)N[C@H]3Cc4cc(CF)cc(c4)-c4ccc5c(c4)c(c(-c4cccnc4[C@H](C)OC)n5CC)CC(C)(C)COC(=O)[C@@H]4CCCN(N4)C3=O)C(C)C)CC2)C1. The number of likely N-dealkylation sites (N-methyl/N-ethyl adjacent to an activating group) is 1. The van der Waals surface area contributed by atoms with Crippen LogP contribution >= 0.6 is 0 Å². The summed E-state index contributed by atoms with van der Waals surface area (Å²) in [7, 11) is 3.26. The van der Waals surface area contributed by atoms with Crippen molar-refractivity contribution in [1.29, 1.82) is 0 Å². The number of aryl methyl sites for hydroxylation is 1. The van der Waals surface area contributed by atoms with Crippen LogP contribution in [0.15, 0.2) is 67.4 Å². The van der Waals surface area contributed by atoms with Crippen LogP contribution in [0.1, 0.15) is 95.7 Å². The van der Waals surface area contributed by atoms with Crippen molar-refractivity contribution in [2.24, 2.45) is 11.3 Å². The van der Waals surface area contributed by atoms with Crippen molar-refractivity contribution in [2.45, 2.75) is 123 Å². The molecule has 16 nitrogen and oxygen atoms in total. The topological polar surface area (TPSA) is 168 Å². The molecule has 5 amide bonds. The Morgan fingerprint density at radius 2 is 1.82 bits per heavy atom. The summed E-state index contributed by atoms with van der Waals surface area (Å²) in [5, 5.41) is 5.41. The van der Waals surface area contributed by atoms with Gasteiger partial charge in [-0.2, -0.15) is 0 Å². The number of carbonyl (C=O) groups excluding carboxylic acids is 5. The van der Waals surface area contributed by atoms with Crippen LogP contribution in [0, 0.1) is 11.3 Å². The zero-order valence-corrected chi connectivity index (χ0v) is 43.1. The smallest absolute Gasteiger partial charge is 0.324 e. The Morgan fingerprint density at radius 3 is 2.51 bits per heavy atom. The Kier molecular flexibility index (Phi) is 15.6. The second-order valence-corrected chi connectivity index (χ2v) is 21.1. The molecule has 6 heterocycles. The minimum absolute atomic E-state index is 0.0136. The van der Waals surface area contributed by atoms with Crippen LogP contribution in [0.4, 0.5) is 9.18 Å². The summed E-state index contributed by atoms with van der Waals surface area (Å²) in [4.78, 5) is 79.7. The summed E-state index contributed by atoms with van der Waals surface area (Å²) in [5.74, 6) is -2.08. The number of ether oxygens (including phenoxy) is 3. The monoisotopic (exact) mass is 991 g/mol. The number of halogens is 1. The van der Waals surface area contributed by atoms with E-state index >= 15 is 4.39 Å². The van der Waals surface area contributed by atoms with Crippen LogP contribution in [0.2, 0.25) is 0 Å². The number of rotatable bonds is 10. The number of benzene rings is 2. The molecule has 3 fully saturated rings. The number of aromatic nitrogens is 2. The fourth-order valence-electron chi connectivity index (χ4n) is 11.1. The lowest BCUT2D eigenvalue weighted by molar-refractivity contribution is -0.155. The number of fused-ring (bicyclic) bond motifs is 6. The predicted molar refractivity (Wildman–Crippen MR) is 272 cm³/mol. The first-order valence-electron chi connectivity index (χ1n) is 25.3. The van der Waals surface area contributed by atoms with Crippen LogP contribution < -0.4 is 10.7 Å². The number of nitrogens with one attached hydrogen (secondary N) is 2. The van der Waals surface area contributed by atoms with Gasteiger partial charge >= 0.3 is 12.0 Å². The molecule has 6 bridgehead atoms. The lowest BCUT2D eigenvalue weighted by atomic mass is 9.84. The molecule has 2 N–H and O–H groups in total. The molecule has 3 saturated heterocycles. The lowest BCUT2D eigenvalue weighted by Crippen LogP contribution is -2.62. The molecular formula is C55H71FN8O8. The number of piperidine rings is 1. The van der Waals surface area contributed by atoms with Crippen molar-refractivity contribution in [1.82, 2.24) is 40.0 Å². The largest absolute Gasteiger partial charge is 0.464 e. The van der Waals surface area contributed by atoms with Gasteiger partial charge in [0.25, 0.3) is 5.91 Å². The number of likely N-dealkylation sites (tertiary alicyclic amines) is 1. The number of urea groups is 1. The molecule has 0 unspecified atom stereocenters. The first kappa shape index (κ1) is 52.2. The number of carbonyl (C=O) groups is 5. The van der Waals surface area contributed by atoms with Gasteiger partial charge in [-0.15, -0.1) is 0 Å². The van der Waals surface area contributed by atoms with E-state index in [1.807, 2.05) is 45.0 Å². The van der Waals surface area contributed by atoms with E-state index in [2.05, 4.69) is 60.9 Å². The maximum Gasteiger partial charge on any atom is 0.324 e. The van der Waals surface area contributed by atoms with Crippen molar-refractivity contribution in [3.63, 3.8) is 0 Å². The Hall–Kier alpha value is -6.17. The minimum Gasteiger partial charge on any atom is -0.464 e. The highest BCUT2D eigenvalue weighted by Gasteiger charge is 2.45. The highest BCUT2D eigenvalue weighted by Crippen LogP contribution is 2.42. The molecule has 4 aliphatic heterocycles. The minimum atomic E-state index is -1.18. The number of alkyl halides is 1. The van der Waals surface area contributed by atoms with E-state index in [4.69, 9.17) is 19.2 Å². The summed E-state index contributed by atoms with van der Waals surface area (Å²) in [6, 6.07) is 12.4. The number of esters is 1. The van der Waals surface area contributed by atoms with Crippen LogP contribution in [0.3, 0.4) is 0 Å². The van der Waals surface area contributed by atoms with Gasteiger partial charge in [0.15, 0.2) is 0 Å². The maximum atomic E-state index is 15.0. The maximum absolute atomic E-state index is 15.0. The van der Waals surface area contributed by atoms with Crippen LogP contribution in [0.25, 0.3) is 33.3 Å². The van der Waals surface area contributed by atoms with Gasteiger partial charge in [-0.1, -0.05) is 52.5 Å². The molecule has 4 atom stereocenters. The number of hydrogen-bond acceptors (Lipinski definition) is 10. The van der Waals surface area contributed by atoms with E-state index in [9.17, 15) is 24.0 Å². The average molecular weight is 991 g/mol. The molecule has 2 aromatic heterocycles. The Balaban J connectivity index is 1.15. The molecule has 4 aliphatic rings. The van der Waals surface area contributed by atoms with Crippen LogP contribution in [-0.4, -0.2) is 136 Å². The molecule has 17 heteroatoms. The third-order valence-corrected chi connectivity index (χ3v) is 15.0. The standard InChI is InChI=1S/C55H71FN8O8/c1-10-46(65)62-31-55(72-33-62)18-22-61(23-19-55)53(69)60(8)48(34(3)4)50(66)58-44-27-36-24-37(30-56)26-39(25-36)38-16-17-45-41(28-38)42(49(63(45)11-2)40-14-12-20-57-47(40)35(5)70-9)29-54(6,7)32-71-52(68)43-15-13-21-64(59-43)51(44)67/h10,12,14,16-17,20,24-26,28,34-35,43-44,48,59H,1,11,13,15,18-19,21-23,27,29-33H2,2-9H3,(H,58,66)/t35-,43-,44-,48-/m0/s1. The van der Waals surface area contributed by atoms with Crippen LogP contribution in [0.5, 0.6) is 0 Å². The van der Waals surface area contributed by atoms with E-state index in [0.717, 1.165) is 44.5 Å². The fraction of sp³-hybridized carbons (Fsp3) is 0.527. The van der Waals surface area contributed by atoms with Crippen molar-refractivity contribution in [2.75, 3.05) is 53.7 Å². The predicted octanol–water partition coefficient (Wildman–Crippen LogP) is 7.13. The summed E-state index contributed by atoms with van der Waals surface area (Å²) in [5.41, 5.74) is 9.40. The highest BCUT2D eigenvalue weighted by atomic mass is 19.1. The first-order chi connectivity index (χ1) is 34.4. The van der Waals surface area contributed by atoms with E-state index in [1.54, 1.807) is 36.2 Å². The highest BCUT2D eigenvalue weighted by molar-refractivity contribution is 5.96. The summed E-state index contributed by atoms with van der Waals surface area (Å²) < 4.78 is 35.4. The van der Waals surface area contributed by atoms with Gasteiger partial charge in [0.2, 0.25) is 11.8 Å².